The fraction of sp³-hybridized carbons (Fsp3) is 0.370. The van der Waals surface area contributed by atoms with Gasteiger partial charge in [0.2, 0.25) is 11.8 Å². The summed E-state index contributed by atoms with van der Waals surface area (Å²) < 4.78 is 0. The topological polar surface area (TPSA) is 70.2 Å². The minimum Gasteiger partial charge on any atom is -0.307 e. The molecule has 7 heteroatoms. The van der Waals surface area contributed by atoms with E-state index in [0.717, 1.165) is 21.9 Å². The number of hydrogen-bond acceptors (Lipinski definition) is 5. The molecule has 1 saturated heterocycles. The molecule has 2 aliphatic heterocycles. The number of fused-ring (bicyclic) bond motifs is 9. The van der Waals surface area contributed by atoms with Gasteiger partial charge in [-0.3, -0.25) is 19.3 Å². The molecule has 7 atom stereocenters. The van der Waals surface area contributed by atoms with Gasteiger partial charge in [-0.25, -0.2) is 0 Å². The maximum Gasteiger partial charge on any atom is 0.305 e. The Balaban J connectivity index is 1.34. The summed E-state index contributed by atoms with van der Waals surface area (Å²) in [4.78, 5) is 45.4. The second-order valence-electron chi connectivity index (χ2n) is 10.2. The van der Waals surface area contributed by atoms with Gasteiger partial charge in [0.1, 0.15) is 0 Å². The number of hydrogen-bond donors (Lipinski definition) is 1. The van der Waals surface area contributed by atoms with E-state index in [1.54, 1.807) is 11.8 Å². The molecule has 5 nitrogen and oxygen atoms in total. The van der Waals surface area contributed by atoms with Crippen LogP contribution in [0.1, 0.15) is 33.9 Å². The number of benzene rings is 2. The van der Waals surface area contributed by atoms with Gasteiger partial charge in [-0.15, -0.1) is 11.8 Å². The quantitative estimate of drug-likeness (QED) is 0.530. The number of thioether (sulfide) groups is 1. The Morgan fingerprint density at radius 1 is 0.912 bits per heavy atom. The average Bonchev–Trinajstić information content (AvgIpc) is 3.54. The first-order chi connectivity index (χ1) is 16.4. The van der Waals surface area contributed by atoms with Crippen molar-refractivity contribution < 1.29 is 9.59 Å². The lowest BCUT2D eigenvalue weighted by atomic mass is 9.67. The summed E-state index contributed by atoms with van der Waals surface area (Å²) in [6, 6.07) is 16.1. The van der Waals surface area contributed by atoms with Crippen LogP contribution in [0.4, 0.5) is 5.69 Å². The monoisotopic (exact) mass is 488 g/mol. The van der Waals surface area contributed by atoms with Crippen molar-refractivity contribution in [2.24, 2.45) is 29.6 Å². The van der Waals surface area contributed by atoms with Crippen LogP contribution in [-0.2, 0) is 9.59 Å². The smallest absolute Gasteiger partial charge is 0.305 e. The Morgan fingerprint density at radius 2 is 1.62 bits per heavy atom. The first kappa shape index (κ1) is 20.7. The molecule has 3 heterocycles. The molecule has 0 radical (unpaired) electrons. The summed E-state index contributed by atoms with van der Waals surface area (Å²) in [6.45, 7) is 4.13. The van der Waals surface area contributed by atoms with Gasteiger partial charge in [-0.05, 0) is 61.3 Å². The average molecular weight is 489 g/mol. The van der Waals surface area contributed by atoms with E-state index in [-0.39, 0.29) is 57.4 Å². The van der Waals surface area contributed by atoms with Gasteiger partial charge >= 0.3 is 4.87 Å². The van der Waals surface area contributed by atoms with E-state index in [4.69, 9.17) is 0 Å². The molecule has 2 aliphatic carbocycles. The van der Waals surface area contributed by atoms with Crippen molar-refractivity contribution in [1.29, 1.82) is 0 Å². The van der Waals surface area contributed by atoms with Crippen LogP contribution < -0.4 is 9.77 Å². The largest absolute Gasteiger partial charge is 0.307 e. The molecular formula is C27H24N2O3S2. The fourth-order valence-electron chi connectivity index (χ4n) is 7.25. The molecule has 7 rings (SSSR count). The van der Waals surface area contributed by atoms with Crippen molar-refractivity contribution >= 4 is 40.6 Å². The number of carbonyl (C=O) groups is 2. The molecule has 3 aromatic rings. The number of aryl methyl sites for hydroxylation is 2. The number of aromatic amines is 1. The summed E-state index contributed by atoms with van der Waals surface area (Å²) >= 11 is 3.05. The van der Waals surface area contributed by atoms with Gasteiger partial charge in [0.15, 0.2) is 0 Å². The zero-order valence-electron chi connectivity index (χ0n) is 18.9. The molecule has 1 aromatic heterocycles. The highest BCUT2D eigenvalue weighted by atomic mass is 32.2. The van der Waals surface area contributed by atoms with Crippen molar-refractivity contribution in [3.05, 3.63) is 79.8 Å². The summed E-state index contributed by atoms with van der Waals surface area (Å²) in [7, 11) is 0. The van der Waals surface area contributed by atoms with Gasteiger partial charge in [0.25, 0.3) is 0 Å². The van der Waals surface area contributed by atoms with Crippen LogP contribution in [0.15, 0.2) is 58.4 Å². The number of rotatable bonds is 2. The number of nitrogens with one attached hydrogen (secondary N) is 1. The minimum absolute atomic E-state index is 0.0266. The molecule has 172 valence electrons. The van der Waals surface area contributed by atoms with Gasteiger partial charge in [-0.1, -0.05) is 53.3 Å². The molecule has 2 amide bonds. The zero-order valence-corrected chi connectivity index (χ0v) is 20.5. The first-order valence-electron chi connectivity index (χ1n) is 11.8. The molecule has 34 heavy (non-hydrogen) atoms. The van der Waals surface area contributed by atoms with Gasteiger partial charge in [-0.2, -0.15) is 0 Å². The lowest BCUT2D eigenvalue weighted by Crippen LogP contribution is -2.42. The number of thiazole rings is 1. The van der Waals surface area contributed by atoms with Crippen LogP contribution in [0.25, 0.3) is 0 Å². The third-order valence-corrected chi connectivity index (χ3v) is 11.1. The molecule has 0 unspecified atom stereocenters. The second kappa shape index (κ2) is 7.18. The maximum absolute atomic E-state index is 13.8. The van der Waals surface area contributed by atoms with E-state index in [9.17, 15) is 14.4 Å². The third kappa shape index (κ3) is 2.65. The number of H-pyrrole nitrogens is 1. The van der Waals surface area contributed by atoms with E-state index in [1.807, 2.05) is 37.3 Å². The number of aromatic nitrogens is 1. The van der Waals surface area contributed by atoms with Crippen LogP contribution in [0.5, 0.6) is 0 Å². The predicted octanol–water partition coefficient (Wildman–Crippen LogP) is 4.73. The van der Waals surface area contributed by atoms with Crippen LogP contribution in [0.3, 0.4) is 0 Å². The van der Waals surface area contributed by atoms with Crippen LogP contribution in [0.2, 0.25) is 0 Å². The molecule has 2 bridgehead atoms. The second-order valence-corrected chi connectivity index (χ2v) is 12.4. The zero-order chi connectivity index (χ0) is 23.3. The summed E-state index contributed by atoms with van der Waals surface area (Å²) in [5, 5.41) is 1.18. The Labute approximate surface area is 205 Å². The molecule has 4 aliphatic rings. The van der Waals surface area contributed by atoms with E-state index >= 15 is 0 Å². The predicted molar refractivity (Wildman–Crippen MR) is 133 cm³/mol. The number of nitrogens with zero attached hydrogens (tertiary/aromatic N) is 1. The van der Waals surface area contributed by atoms with E-state index in [2.05, 4.69) is 30.1 Å². The highest BCUT2D eigenvalue weighted by Crippen LogP contribution is 2.68. The Bertz CT molecular complexity index is 1410. The molecule has 1 N–H and O–H groups in total. The molecule has 3 fully saturated rings. The molecule has 0 spiro atoms. The highest BCUT2D eigenvalue weighted by Gasteiger charge is 2.69. The SMILES string of the molecule is Cc1ccc(N2C(=O)[C@@H]3[C@H]4C[C@@H]([C@@H]3C2=O)[C@H]2[C@@H](c3ccccc3C)c3sc(=O)[nH]c3S[C@@H]42)cc1. The van der Waals surface area contributed by atoms with Gasteiger partial charge in [0.05, 0.1) is 22.5 Å². The van der Waals surface area contributed by atoms with Crippen molar-refractivity contribution in [2.75, 3.05) is 4.90 Å². The fourth-order valence-corrected chi connectivity index (χ4v) is 10.1. The number of imide groups is 1. The van der Waals surface area contributed by atoms with Crippen molar-refractivity contribution in [3.63, 3.8) is 0 Å². The van der Waals surface area contributed by atoms with E-state index in [1.165, 1.54) is 27.4 Å². The molecule has 2 aromatic carbocycles. The van der Waals surface area contributed by atoms with Crippen molar-refractivity contribution in [3.8, 4) is 0 Å². The maximum atomic E-state index is 13.8. The standard InChI is InChI=1S/C27H24N2O3S2/c1-12-7-9-14(10-8-12)29-25(30)20-16-11-17(21(20)26(29)31)22-19(16)18(15-6-4-3-5-13(15)2)23-24(33-22)28-27(32)34-23/h3-10,16-22H,11H2,1-2H3,(H,28,32)/t16-,17-,18-,19+,20+,21-,22+/m1/s1. The van der Waals surface area contributed by atoms with Crippen molar-refractivity contribution in [1.82, 2.24) is 4.98 Å². The summed E-state index contributed by atoms with van der Waals surface area (Å²) in [6.07, 6.45) is 0.915. The Kier molecular flexibility index (Phi) is 4.38. The Morgan fingerprint density at radius 3 is 2.35 bits per heavy atom. The Hall–Kier alpha value is -2.64. The van der Waals surface area contributed by atoms with Gasteiger partial charge < -0.3 is 4.98 Å². The molecule has 2 saturated carbocycles. The number of anilines is 1. The highest BCUT2D eigenvalue weighted by molar-refractivity contribution is 8.00. The van der Waals surface area contributed by atoms with Crippen LogP contribution >= 0.6 is 23.1 Å². The minimum atomic E-state index is -0.260. The summed E-state index contributed by atoms with van der Waals surface area (Å²) in [5.41, 5.74) is 4.24. The van der Waals surface area contributed by atoms with Crippen LogP contribution in [-0.4, -0.2) is 22.0 Å². The van der Waals surface area contributed by atoms with E-state index < -0.39 is 0 Å². The van der Waals surface area contributed by atoms with Crippen molar-refractivity contribution in [2.45, 2.75) is 36.5 Å². The van der Waals surface area contributed by atoms with Crippen LogP contribution in [0, 0.1) is 43.4 Å². The molecular weight excluding hydrogens is 464 g/mol. The first-order valence-corrected chi connectivity index (χ1v) is 13.5. The third-order valence-electron chi connectivity index (χ3n) is 8.54. The van der Waals surface area contributed by atoms with E-state index in [0.29, 0.717) is 5.69 Å². The summed E-state index contributed by atoms with van der Waals surface area (Å²) in [5.74, 6) is 0.0363. The lowest BCUT2D eigenvalue weighted by molar-refractivity contribution is -0.123. The normalized spacial score (nSPS) is 33.2. The van der Waals surface area contributed by atoms with Gasteiger partial charge in [0, 0.05) is 16.0 Å². The number of carbonyl (C=O) groups excluding carboxylic acids is 2. The number of amides is 2. The lowest BCUT2D eigenvalue weighted by Gasteiger charge is -2.43.